The first-order valence-electron chi connectivity index (χ1n) is 9.52. The summed E-state index contributed by atoms with van der Waals surface area (Å²) in [6.07, 6.45) is -4.66. The number of aromatic nitrogens is 1. The highest BCUT2D eigenvalue weighted by atomic mass is 32.1. The van der Waals surface area contributed by atoms with Crippen molar-refractivity contribution < 1.29 is 27.2 Å². The van der Waals surface area contributed by atoms with Crippen LogP contribution in [-0.4, -0.2) is 59.2 Å². The smallest absolute Gasteiger partial charge is 0.383 e. The van der Waals surface area contributed by atoms with Gasteiger partial charge in [-0.25, -0.2) is 9.37 Å². The molecule has 0 unspecified atom stereocenters. The summed E-state index contributed by atoms with van der Waals surface area (Å²) >= 11 is 0.971. The Morgan fingerprint density at radius 3 is 2.79 bits per heavy atom. The maximum atomic E-state index is 14.2. The summed E-state index contributed by atoms with van der Waals surface area (Å²) < 4.78 is 52.3. The summed E-state index contributed by atoms with van der Waals surface area (Å²) in [6.45, 7) is 0.700. The van der Waals surface area contributed by atoms with Crippen LogP contribution in [0.15, 0.2) is 40.1 Å². The van der Waals surface area contributed by atoms with Crippen LogP contribution in [0.1, 0.15) is 5.56 Å². The van der Waals surface area contributed by atoms with Gasteiger partial charge < -0.3 is 16.4 Å². The molecule has 2 aliphatic heterocycles. The molecule has 0 atom stereocenters. The summed E-state index contributed by atoms with van der Waals surface area (Å²) in [7, 11) is 1.55. The predicted octanol–water partition coefficient (Wildman–Crippen LogP) is 1.77. The second-order valence-corrected chi connectivity index (χ2v) is 7.95. The van der Waals surface area contributed by atoms with Gasteiger partial charge in [0.25, 0.3) is 5.91 Å². The van der Waals surface area contributed by atoms with Gasteiger partial charge >= 0.3 is 6.18 Å². The standard InChI is InChI=1S/C19H17F4N7O2S/c1-29-16(32)14(15(24)30-5-4-25-18(29)30)26-7-13(31)28-17-27-12(8-33-17)10-3-2-9(6-11(10)20)19(21,22)23/h2-3,6,8,26H,4-5,7,24H2,1H3,(H,27,28,31). The number of hydrogen-bond donors (Lipinski definition) is 3. The highest BCUT2D eigenvalue weighted by Gasteiger charge is 2.36. The van der Waals surface area contributed by atoms with Crippen LogP contribution in [0, 0.1) is 5.82 Å². The molecule has 0 aliphatic carbocycles. The van der Waals surface area contributed by atoms with E-state index in [1.165, 1.54) is 10.3 Å². The Hall–Kier alpha value is -3.68. The van der Waals surface area contributed by atoms with Crippen LogP contribution in [0.5, 0.6) is 0 Å². The number of rotatable bonds is 5. The summed E-state index contributed by atoms with van der Waals surface area (Å²) in [6, 6.07) is 2.13. The van der Waals surface area contributed by atoms with E-state index in [9.17, 15) is 27.2 Å². The van der Waals surface area contributed by atoms with Crippen LogP contribution in [-0.2, 0) is 15.8 Å². The van der Waals surface area contributed by atoms with Crippen LogP contribution in [0.25, 0.3) is 11.3 Å². The number of nitrogens with two attached hydrogens (primary N) is 1. The molecule has 2 amide bonds. The molecule has 33 heavy (non-hydrogen) atoms. The first-order chi connectivity index (χ1) is 15.6. The number of alkyl halides is 3. The number of carbonyl (C=O) groups excluding carboxylic acids is 2. The molecule has 0 saturated heterocycles. The van der Waals surface area contributed by atoms with Gasteiger partial charge in [-0.15, -0.1) is 11.3 Å². The van der Waals surface area contributed by atoms with E-state index in [4.69, 9.17) is 5.73 Å². The van der Waals surface area contributed by atoms with Gasteiger partial charge in [-0.1, -0.05) is 0 Å². The predicted molar refractivity (Wildman–Crippen MR) is 112 cm³/mol. The Balaban J connectivity index is 1.41. The molecule has 4 N–H and O–H groups in total. The Bertz CT molecular complexity index is 1190. The van der Waals surface area contributed by atoms with E-state index in [1.807, 2.05) is 0 Å². The fourth-order valence-corrected chi connectivity index (χ4v) is 4.03. The third-order valence-electron chi connectivity index (χ3n) is 4.93. The fraction of sp³-hybridized carbons (Fsp3) is 0.263. The second-order valence-electron chi connectivity index (χ2n) is 7.09. The number of aliphatic imine (C=N–C) groups is 1. The number of fused-ring (bicyclic) bond motifs is 1. The van der Waals surface area contributed by atoms with Gasteiger partial charge in [-0.3, -0.25) is 24.4 Å². The number of amides is 2. The Morgan fingerprint density at radius 2 is 2.09 bits per heavy atom. The number of nitrogens with one attached hydrogen (secondary N) is 2. The third-order valence-corrected chi connectivity index (χ3v) is 5.69. The van der Waals surface area contributed by atoms with Crippen LogP contribution >= 0.6 is 11.3 Å². The van der Waals surface area contributed by atoms with Crippen molar-refractivity contribution in [2.75, 3.05) is 32.0 Å². The van der Waals surface area contributed by atoms with Gasteiger partial charge in [0.1, 0.15) is 17.3 Å². The van der Waals surface area contributed by atoms with Crippen molar-refractivity contribution in [3.63, 3.8) is 0 Å². The Kier molecular flexibility index (Phi) is 5.69. The molecule has 0 radical (unpaired) electrons. The number of nitrogens with zero attached hydrogens (tertiary/aromatic N) is 4. The summed E-state index contributed by atoms with van der Waals surface area (Å²) in [4.78, 5) is 36.1. The van der Waals surface area contributed by atoms with Crippen molar-refractivity contribution in [1.29, 1.82) is 0 Å². The van der Waals surface area contributed by atoms with E-state index in [0.717, 1.165) is 23.5 Å². The lowest BCUT2D eigenvalue weighted by atomic mass is 10.1. The number of thiazole rings is 1. The van der Waals surface area contributed by atoms with Crippen molar-refractivity contribution in [1.82, 2.24) is 20.1 Å². The molecule has 9 nitrogen and oxygen atoms in total. The lowest BCUT2D eigenvalue weighted by Gasteiger charge is -2.33. The third kappa shape index (κ3) is 4.33. The normalized spacial score (nSPS) is 16.2. The molecular weight excluding hydrogens is 466 g/mol. The van der Waals surface area contributed by atoms with Crippen molar-refractivity contribution in [2.45, 2.75) is 6.18 Å². The highest BCUT2D eigenvalue weighted by Crippen LogP contribution is 2.33. The van der Waals surface area contributed by atoms with Crippen molar-refractivity contribution in [3.8, 4) is 11.3 Å². The largest absolute Gasteiger partial charge is 0.416 e. The maximum absolute atomic E-state index is 14.2. The first kappa shape index (κ1) is 22.5. The number of halogens is 4. The van der Waals surface area contributed by atoms with Crippen LogP contribution in [0.3, 0.4) is 0 Å². The quantitative estimate of drug-likeness (QED) is 0.559. The number of hydrogen-bond acceptors (Lipinski definition) is 8. The highest BCUT2D eigenvalue weighted by molar-refractivity contribution is 7.14. The molecular formula is C19H17F4N7O2S. The second kappa shape index (κ2) is 8.35. The zero-order valence-electron chi connectivity index (χ0n) is 17.0. The molecule has 0 spiro atoms. The van der Waals surface area contributed by atoms with Gasteiger partial charge in [0.15, 0.2) is 5.13 Å². The van der Waals surface area contributed by atoms with Crippen molar-refractivity contribution in [2.24, 2.45) is 10.7 Å². The summed E-state index contributed by atoms with van der Waals surface area (Å²) in [5.74, 6) is -1.47. The number of benzene rings is 1. The average molecular weight is 483 g/mol. The molecule has 1 aromatic carbocycles. The first-order valence-corrected chi connectivity index (χ1v) is 10.4. The molecule has 2 aliphatic rings. The fourth-order valence-electron chi connectivity index (χ4n) is 3.31. The topological polar surface area (TPSA) is 116 Å². The molecule has 14 heteroatoms. The minimum atomic E-state index is -4.66. The van der Waals surface area contributed by atoms with E-state index < -0.39 is 29.4 Å². The molecule has 0 saturated carbocycles. The van der Waals surface area contributed by atoms with Gasteiger partial charge in [-0.2, -0.15) is 13.2 Å². The molecule has 174 valence electrons. The number of guanidine groups is 1. The molecule has 0 bridgehead atoms. The van der Waals surface area contributed by atoms with E-state index in [-0.39, 0.29) is 34.5 Å². The summed E-state index contributed by atoms with van der Waals surface area (Å²) in [5.41, 5.74) is 4.93. The van der Waals surface area contributed by atoms with Crippen molar-refractivity contribution >= 4 is 34.2 Å². The van der Waals surface area contributed by atoms with E-state index in [1.54, 1.807) is 11.9 Å². The number of likely N-dealkylation sites (N-methyl/N-ethyl adjacent to an activating group) is 1. The SMILES string of the molecule is CN1C(=O)C(NCC(=O)Nc2nc(-c3ccc(C(F)(F)F)cc3F)cs2)=C(N)N2CCN=C12. The lowest BCUT2D eigenvalue weighted by Crippen LogP contribution is -2.53. The monoisotopic (exact) mass is 483 g/mol. The van der Waals surface area contributed by atoms with Gasteiger partial charge in [-0.05, 0) is 18.2 Å². The molecule has 4 rings (SSSR count). The van der Waals surface area contributed by atoms with Gasteiger partial charge in [0, 0.05) is 24.5 Å². The zero-order chi connectivity index (χ0) is 23.9. The van der Waals surface area contributed by atoms with E-state index in [0.29, 0.717) is 25.1 Å². The number of carbonyl (C=O) groups is 2. The Labute approximate surface area is 188 Å². The van der Waals surface area contributed by atoms with E-state index >= 15 is 0 Å². The zero-order valence-corrected chi connectivity index (χ0v) is 17.9. The minimum Gasteiger partial charge on any atom is -0.383 e. The summed E-state index contributed by atoms with van der Waals surface area (Å²) in [5, 5.41) is 6.73. The van der Waals surface area contributed by atoms with Crippen LogP contribution in [0.2, 0.25) is 0 Å². The maximum Gasteiger partial charge on any atom is 0.416 e. The molecule has 3 heterocycles. The molecule has 1 aromatic heterocycles. The van der Waals surface area contributed by atoms with E-state index in [2.05, 4.69) is 20.6 Å². The Morgan fingerprint density at radius 1 is 1.33 bits per heavy atom. The number of anilines is 1. The van der Waals surface area contributed by atoms with Crippen LogP contribution < -0.4 is 16.4 Å². The molecule has 2 aromatic rings. The average Bonchev–Trinajstić information content (AvgIpc) is 3.41. The lowest BCUT2D eigenvalue weighted by molar-refractivity contribution is -0.137. The van der Waals surface area contributed by atoms with Crippen LogP contribution in [0.4, 0.5) is 22.7 Å². The van der Waals surface area contributed by atoms with Crippen molar-refractivity contribution in [3.05, 3.63) is 46.5 Å². The molecule has 0 fully saturated rings. The van der Waals surface area contributed by atoms with Gasteiger partial charge in [0.05, 0.1) is 24.3 Å². The van der Waals surface area contributed by atoms with Gasteiger partial charge in [0.2, 0.25) is 11.9 Å². The minimum absolute atomic E-state index is 0.0557.